The number of nitrogens with zero attached hydrogens (tertiary/aromatic N) is 1. The second-order valence-corrected chi connectivity index (χ2v) is 4.40. The molecule has 1 aliphatic rings. The number of morpholine rings is 1. The molecule has 0 radical (unpaired) electrons. The van der Waals surface area contributed by atoms with Crippen LogP contribution in [0.3, 0.4) is 0 Å². The molecule has 0 aromatic heterocycles. The monoisotopic (exact) mass is 279 g/mol. The first-order valence-electron chi connectivity index (χ1n) is 6.34. The molecule has 0 unspecified atom stereocenters. The van der Waals surface area contributed by atoms with E-state index in [2.05, 4.69) is 10.7 Å². The molecule has 1 heterocycles. The van der Waals surface area contributed by atoms with E-state index in [1.807, 2.05) is 0 Å². The molecule has 7 heteroatoms. The summed E-state index contributed by atoms with van der Waals surface area (Å²) in [5, 5.41) is 13.4. The maximum Gasteiger partial charge on any atom is 0.335 e. The van der Waals surface area contributed by atoms with E-state index in [9.17, 15) is 9.59 Å². The van der Waals surface area contributed by atoms with Crippen LogP contribution >= 0.6 is 0 Å². The van der Waals surface area contributed by atoms with Crippen LogP contribution in [0.4, 0.5) is 4.79 Å². The van der Waals surface area contributed by atoms with E-state index in [1.165, 1.54) is 12.1 Å². The summed E-state index contributed by atoms with van der Waals surface area (Å²) in [5.41, 5.74) is 3.66. The highest BCUT2D eigenvalue weighted by Crippen LogP contribution is 2.05. The standard InChI is InChI=1S/C13H17N3O4/c17-12(18)11-3-1-2-10(8-11)9-14-13(19)15-16-4-6-20-7-5-16/h1-3,8H,4-7,9H2,(H,17,18)(H2,14,15,19). The van der Waals surface area contributed by atoms with Crippen molar-refractivity contribution in [3.8, 4) is 0 Å². The molecule has 1 aromatic rings. The molecular weight excluding hydrogens is 262 g/mol. The minimum atomic E-state index is -0.982. The summed E-state index contributed by atoms with van der Waals surface area (Å²) in [6, 6.07) is 6.16. The van der Waals surface area contributed by atoms with Crippen LogP contribution in [0.2, 0.25) is 0 Å². The van der Waals surface area contributed by atoms with Crippen molar-refractivity contribution < 1.29 is 19.4 Å². The van der Waals surface area contributed by atoms with Crippen LogP contribution in [-0.4, -0.2) is 48.4 Å². The molecule has 108 valence electrons. The van der Waals surface area contributed by atoms with Crippen LogP contribution in [0, 0.1) is 0 Å². The lowest BCUT2D eigenvalue weighted by Gasteiger charge is -2.26. The number of amides is 2. The zero-order valence-corrected chi connectivity index (χ0v) is 11.0. The predicted octanol–water partition coefficient (Wildman–Crippen LogP) is 0.431. The number of aromatic carboxylic acids is 1. The van der Waals surface area contributed by atoms with Crippen molar-refractivity contribution in [2.45, 2.75) is 6.54 Å². The number of urea groups is 1. The molecule has 0 bridgehead atoms. The summed E-state index contributed by atoms with van der Waals surface area (Å²) < 4.78 is 5.18. The van der Waals surface area contributed by atoms with Crippen molar-refractivity contribution in [1.29, 1.82) is 0 Å². The number of hydrogen-bond acceptors (Lipinski definition) is 4. The van der Waals surface area contributed by atoms with E-state index >= 15 is 0 Å². The fourth-order valence-corrected chi connectivity index (χ4v) is 1.85. The van der Waals surface area contributed by atoms with E-state index in [4.69, 9.17) is 9.84 Å². The predicted molar refractivity (Wildman–Crippen MR) is 71.2 cm³/mol. The lowest BCUT2D eigenvalue weighted by molar-refractivity contribution is 0.0195. The van der Waals surface area contributed by atoms with Crippen molar-refractivity contribution in [3.63, 3.8) is 0 Å². The average Bonchev–Trinajstić information content (AvgIpc) is 2.46. The Kier molecular flexibility index (Phi) is 4.91. The third-order valence-corrected chi connectivity index (χ3v) is 2.90. The summed E-state index contributed by atoms with van der Waals surface area (Å²) in [6.07, 6.45) is 0. The van der Waals surface area contributed by atoms with Crippen molar-refractivity contribution >= 4 is 12.0 Å². The summed E-state index contributed by atoms with van der Waals surface area (Å²) in [5.74, 6) is -0.982. The molecule has 2 rings (SSSR count). The molecule has 1 aliphatic heterocycles. The van der Waals surface area contributed by atoms with Crippen LogP contribution < -0.4 is 10.7 Å². The number of rotatable bonds is 4. The third kappa shape index (κ3) is 4.22. The maximum absolute atomic E-state index is 11.7. The molecule has 0 aliphatic carbocycles. The van der Waals surface area contributed by atoms with Gasteiger partial charge < -0.3 is 15.2 Å². The second kappa shape index (κ2) is 6.88. The van der Waals surface area contributed by atoms with Gasteiger partial charge in [0.15, 0.2) is 0 Å². The fraction of sp³-hybridized carbons (Fsp3) is 0.385. The molecule has 0 atom stereocenters. The number of carbonyl (C=O) groups is 2. The van der Waals surface area contributed by atoms with Gasteiger partial charge >= 0.3 is 12.0 Å². The number of ether oxygens (including phenoxy) is 1. The first-order chi connectivity index (χ1) is 9.65. The van der Waals surface area contributed by atoms with E-state index in [0.717, 1.165) is 5.56 Å². The Morgan fingerprint density at radius 3 is 2.75 bits per heavy atom. The number of hydrogen-bond donors (Lipinski definition) is 3. The Balaban J connectivity index is 1.80. The van der Waals surface area contributed by atoms with Gasteiger partial charge in [0, 0.05) is 19.6 Å². The number of carbonyl (C=O) groups excluding carboxylic acids is 1. The minimum absolute atomic E-state index is 0.206. The van der Waals surface area contributed by atoms with Crippen molar-refractivity contribution in [2.24, 2.45) is 0 Å². The number of carboxylic acid groups (broad SMARTS) is 1. The molecule has 1 saturated heterocycles. The normalized spacial score (nSPS) is 15.6. The number of carboxylic acids is 1. The average molecular weight is 279 g/mol. The SMILES string of the molecule is O=C(NCc1cccc(C(=O)O)c1)NN1CCOCC1. The zero-order chi connectivity index (χ0) is 14.4. The maximum atomic E-state index is 11.7. The van der Waals surface area contributed by atoms with Gasteiger partial charge in [0.1, 0.15) is 0 Å². The van der Waals surface area contributed by atoms with Gasteiger partial charge in [-0.2, -0.15) is 0 Å². The lowest BCUT2D eigenvalue weighted by Crippen LogP contribution is -2.51. The van der Waals surface area contributed by atoms with Gasteiger partial charge in [-0.3, -0.25) is 5.43 Å². The second-order valence-electron chi connectivity index (χ2n) is 4.40. The molecule has 0 saturated carbocycles. The number of hydrazine groups is 1. The van der Waals surface area contributed by atoms with Crippen molar-refractivity contribution in [3.05, 3.63) is 35.4 Å². The molecular formula is C13H17N3O4. The van der Waals surface area contributed by atoms with E-state index < -0.39 is 5.97 Å². The molecule has 1 fully saturated rings. The van der Waals surface area contributed by atoms with E-state index in [1.54, 1.807) is 17.1 Å². The molecule has 20 heavy (non-hydrogen) atoms. The quantitative estimate of drug-likeness (QED) is 0.743. The van der Waals surface area contributed by atoms with E-state index in [0.29, 0.717) is 26.3 Å². The summed E-state index contributed by atoms with van der Waals surface area (Å²) in [6.45, 7) is 2.78. The van der Waals surface area contributed by atoms with Crippen molar-refractivity contribution in [1.82, 2.24) is 15.8 Å². The Labute approximate surface area is 116 Å². The van der Waals surface area contributed by atoms with Gasteiger partial charge in [0.2, 0.25) is 0 Å². The topological polar surface area (TPSA) is 90.9 Å². The number of nitrogens with one attached hydrogen (secondary N) is 2. The highest BCUT2D eigenvalue weighted by atomic mass is 16.5. The van der Waals surface area contributed by atoms with Gasteiger partial charge in [0.25, 0.3) is 0 Å². The Bertz CT molecular complexity index is 486. The molecule has 1 aromatic carbocycles. The summed E-state index contributed by atoms with van der Waals surface area (Å²) in [4.78, 5) is 22.5. The third-order valence-electron chi connectivity index (χ3n) is 2.90. The van der Waals surface area contributed by atoms with Crippen LogP contribution in [0.25, 0.3) is 0 Å². The van der Waals surface area contributed by atoms with Gasteiger partial charge in [-0.15, -0.1) is 0 Å². The van der Waals surface area contributed by atoms with Gasteiger partial charge in [0.05, 0.1) is 18.8 Å². The van der Waals surface area contributed by atoms with Gasteiger partial charge in [-0.05, 0) is 17.7 Å². The van der Waals surface area contributed by atoms with Crippen LogP contribution in [0.5, 0.6) is 0 Å². The zero-order valence-electron chi connectivity index (χ0n) is 11.0. The minimum Gasteiger partial charge on any atom is -0.478 e. The Morgan fingerprint density at radius 1 is 1.30 bits per heavy atom. The highest BCUT2D eigenvalue weighted by Gasteiger charge is 2.12. The largest absolute Gasteiger partial charge is 0.478 e. The lowest BCUT2D eigenvalue weighted by atomic mass is 10.1. The molecule has 3 N–H and O–H groups in total. The molecule has 0 spiro atoms. The smallest absolute Gasteiger partial charge is 0.335 e. The molecule has 2 amide bonds. The number of benzene rings is 1. The van der Waals surface area contributed by atoms with Crippen LogP contribution in [-0.2, 0) is 11.3 Å². The van der Waals surface area contributed by atoms with Crippen LogP contribution in [0.1, 0.15) is 15.9 Å². The van der Waals surface area contributed by atoms with Crippen molar-refractivity contribution in [2.75, 3.05) is 26.3 Å². The fourth-order valence-electron chi connectivity index (χ4n) is 1.85. The van der Waals surface area contributed by atoms with Gasteiger partial charge in [-0.25, -0.2) is 14.6 Å². The first-order valence-corrected chi connectivity index (χ1v) is 6.34. The molecule has 7 nitrogen and oxygen atoms in total. The highest BCUT2D eigenvalue weighted by molar-refractivity contribution is 5.87. The Morgan fingerprint density at radius 2 is 2.05 bits per heavy atom. The first kappa shape index (κ1) is 14.3. The summed E-state index contributed by atoms with van der Waals surface area (Å²) >= 11 is 0. The van der Waals surface area contributed by atoms with Crippen LogP contribution in [0.15, 0.2) is 24.3 Å². The summed E-state index contributed by atoms with van der Waals surface area (Å²) in [7, 11) is 0. The Hall–Kier alpha value is -2.12. The van der Waals surface area contributed by atoms with Gasteiger partial charge in [-0.1, -0.05) is 12.1 Å². The van der Waals surface area contributed by atoms with E-state index in [-0.39, 0.29) is 18.1 Å².